The molecular weight excluding hydrogens is 493 g/mol. The van der Waals surface area contributed by atoms with E-state index in [0.717, 1.165) is 12.1 Å². The average molecular weight is 505 g/mol. The molecule has 1 amide bonds. The van der Waals surface area contributed by atoms with Gasteiger partial charge in [-0.25, -0.2) is 0 Å². The van der Waals surface area contributed by atoms with E-state index in [0.29, 0.717) is 16.4 Å². The first-order valence-electron chi connectivity index (χ1n) is 7.49. The first kappa shape index (κ1) is 28.0. The van der Waals surface area contributed by atoms with Crippen molar-refractivity contribution < 1.29 is 17.8 Å². The molecule has 2 radical (unpaired) electrons. The molecule has 0 saturated carbocycles. The van der Waals surface area contributed by atoms with Gasteiger partial charge in [-0.2, -0.15) is 28.8 Å². The molecule has 13 heteroatoms. The normalized spacial score (nSPS) is 16.4. The van der Waals surface area contributed by atoms with Gasteiger partial charge in [0.1, 0.15) is 5.69 Å². The quantitative estimate of drug-likeness (QED) is 0.390. The molecule has 2 aromatic carbocycles. The third-order valence-corrected chi connectivity index (χ3v) is 5.08. The van der Waals surface area contributed by atoms with Gasteiger partial charge in [0.25, 0.3) is 16.0 Å². The average Bonchev–Trinajstić information content (AvgIpc) is 2.88. The van der Waals surface area contributed by atoms with Gasteiger partial charge in [0, 0.05) is 108 Å². The molecule has 29 heavy (non-hydrogen) atoms. The molecule has 0 spiro atoms. The summed E-state index contributed by atoms with van der Waals surface area (Å²) in [5, 5.41) is 13.8. The van der Waals surface area contributed by atoms with Crippen molar-refractivity contribution in [1.82, 2.24) is 0 Å². The second-order valence-electron chi connectivity index (χ2n) is 5.57. The van der Waals surface area contributed by atoms with Gasteiger partial charge in [-0.15, -0.1) is 0 Å². The summed E-state index contributed by atoms with van der Waals surface area (Å²) in [7, 11) is -4.42. The molecule has 1 aliphatic rings. The molecule has 1 atom stereocenters. The second kappa shape index (κ2) is 11.7. The number of anilines is 1. The van der Waals surface area contributed by atoms with Gasteiger partial charge in [-0.1, -0.05) is 23.2 Å². The first-order chi connectivity index (χ1) is 12.7. The minimum atomic E-state index is -4.42. The van der Waals surface area contributed by atoms with Crippen LogP contribution in [0.25, 0.3) is 0 Å². The Balaban J connectivity index is 0.00000210. The first-order valence-corrected chi connectivity index (χ1v) is 9.69. The number of halogens is 2. The molecule has 0 saturated heterocycles. The molecule has 1 heterocycles. The summed E-state index contributed by atoms with van der Waals surface area (Å²) in [5.41, 5.74) is 0.922. The zero-order valence-corrected chi connectivity index (χ0v) is 24.3. The van der Waals surface area contributed by atoms with E-state index in [1.807, 2.05) is 0 Å². The third-order valence-electron chi connectivity index (χ3n) is 3.66. The van der Waals surface area contributed by atoms with Crippen molar-refractivity contribution in [3.05, 3.63) is 52.5 Å². The Labute approximate surface area is 262 Å². The smallest absolute Gasteiger partial charge is 0.282 e. The van der Waals surface area contributed by atoms with Crippen LogP contribution >= 0.6 is 23.2 Å². The Morgan fingerprint density at radius 2 is 1.72 bits per heavy atom. The number of nitrogens with zero attached hydrogens (tertiary/aromatic N) is 4. The number of azo groups is 1. The molecule has 0 fully saturated rings. The molecular formula is C16H12Cl2K2N4O4S. The van der Waals surface area contributed by atoms with E-state index in [4.69, 9.17) is 27.8 Å². The number of amides is 1. The fourth-order valence-corrected chi connectivity index (χ4v) is 3.09. The topological polar surface area (TPSA) is 112 Å². The van der Waals surface area contributed by atoms with E-state index in [2.05, 4.69) is 15.3 Å². The van der Waals surface area contributed by atoms with Crippen LogP contribution in [0.2, 0.25) is 10.0 Å². The number of hydrogen-bond acceptors (Lipinski definition) is 6. The van der Waals surface area contributed by atoms with Crippen molar-refractivity contribution in [3.63, 3.8) is 0 Å². The van der Waals surface area contributed by atoms with Gasteiger partial charge < -0.3 is 0 Å². The van der Waals surface area contributed by atoms with Crippen LogP contribution in [0.15, 0.2) is 62.7 Å². The zero-order chi connectivity index (χ0) is 19.8. The summed E-state index contributed by atoms with van der Waals surface area (Å²) in [6.45, 7) is 1.62. The fraction of sp³-hybridized carbons (Fsp3) is 0.125. The zero-order valence-electron chi connectivity index (χ0n) is 15.7. The van der Waals surface area contributed by atoms with Gasteiger partial charge in [0.05, 0.1) is 21.3 Å². The van der Waals surface area contributed by atoms with E-state index in [9.17, 15) is 13.2 Å². The third kappa shape index (κ3) is 6.96. The molecule has 1 N–H and O–H groups in total. The van der Waals surface area contributed by atoms with Crippen molar-refractivity contribution in [2.45, 2.75) is 17.9 Å². The summed E-state index contributed by atoms with van der Waals surface area (Å²) in [5.74, 6) is -0.430. The Morgan fingerprint density at radius 3 is 2.31 bits per heavy atom. The minimum Gasteiger partial charge on any atom is -0.282 e. The van der Waals surface area contributed by atoms with E-state index in [1.54, 1.807) is 31.2 Å². The molecule has 1 aliphatic heterocycles. The van der Waals surface area contributed by atoms with Crippen molar-refractivity contribution in [3.8, 4) is 0 Å². The Kier molecular flexibility index (Phi) is 11.3. The molecule has 3 rings (SSSR count). The van der Waals surface area contributed by atoms with Crippen molar-refractivity contribution in [2.24, 2.45) is 15.3 Å². The Morgan fingerprint density at radius 1 is 1.10 bits per heavy atom. The van der Waals surface area contributed by atoms with Crippen LogP contribution in [0.4, 0.5) is 11.4 Å². The Hall–Kier alpha value is 0.943. The second-order valence-corrected chi connectivity index (χ2v) is 7.84. The van der Waals surface area contributed by atoms with Crippen molar-refractivity contribution >= 4 is 159 Å². The van der Waals surface area contributed by atoms with Crippen LogP contribution in [0, 0.1) is 0 Å². The van der Waals surface area contributed by atoms with Gasteiger partial charge in [0.2, 0.25) is 0 Å². The molecule has 142 valence electrons. The predicted molar refractivity (Wildman–Crippen MR) is 113 cm³/mol. The fourth-order valence-electron chi connectivity index (χ4n) is 2.31. The summed E-state index contributed by atoms with van der Waals surface area (Å²) < 4.78 is 31.6. The van der Waals surface area contributed by atoms with Crippen LogP contribution < -0.4 is 5.01 Å². The summed E-state index contributed by atoms with van der Waals surface area (Å²) >= 11 is 11.8. The molecule has 0 bridgehead atoms. The number of hydrogen-bond donors (Lipinski definition) is 1. The SMILES string of the molecule is CC1=NN(c2ccc(Cl)cc2)C(=O)C1N=Nc1cc(S(=O)(=O)O)ccc1Cl.[K].[K]. The van der Waals surface area contributed by atoms with Crippen LogP contribution in [-0.2, 0) is 14.9 Å². The van der Waals surface area contributed by atoms with E-state index < -0.39 is 22.1 Å². The number of carbonyl (C=O) groups is 1. The van der Waals surface area contributed by atoms with E-state index in [1.165, 1.54) is 11.1 Å². The number of rotatable bonds is 4. The molecule has 0 aliphatic carbocycles. The largest absolute Gasteiger partial charge is 0.294 e. The standard InChI is InChI=1S/C16H12Cl2N4O4S.2K/c1-9-15(16(23)22(21-9)11-4-2-10(17)3-5-11)20-19-14-8-12(27(24,25)26)6-7-13(14)18;;/h2-8,15H,1H3,(H,24,25,26);;. The van der Waals surface area contributed by atoms with Crippen LogP contribution in [0.1, 0.15) is 6.92 Å². The van der Waals surface area contributed by atoms with E-state index >= 15 is 0 Å². The number of carbonyl (C=O) groups excluding carboxylic acids is 1. The summed E-state index contributed by atoms with van der Waals surface area (Å²) in [6, 6.07) is 9.01. The summed E-state index contributed by atoms with van der Waals surface area (Å²) in [6.07, 6.45) is 0. The Bertz CT molecular complexity index is 1080. The molecule has 0 aromatic heterocycles. The van der Waals surface area contributed by atoms with Gasteiger partial charge in [0.15, 0.2) is 6.04 Å². The van der Waals surface area contributed by atoms with E-state index in [-0.39, 0.29) is 118 Å². The van der Waals surface area contributed by atoms with Gasteiger partial charge >= 0.3 is 0 Å². The maximum absolute atomic E-state index is 12.6. The monoisotopic (exact) mass is 504 g/mol. The van der Waals surface area contributed by atoms with Crippen LogP contribution in [-0.4, -0.2) is 133 Å². The van der Waals surface area contributed by atoms with Gasteiger partial charge in [-0.3, -0.25) is 9.35 Å². The number of benzene rings is 2. The molecule has 8 nitrogen and oxygen atoms in total. The van der Waals surface area contributed by atoms with Crippen LogP contribution in [0.3, 0.4) is 0 Å². The molecule has 2 aromatic rings. The van der Waals surface area contributed by atoms with Crippen molar-refractivity contribution in [1.29, 1.82) is 0 Å². The van der Waals surface area contributed by atoms with Crippen LogP contribution in [0.5, 0.6) is 0 Å². The maximum Gasteiger partial charge on any atom is 0.294 e. The molecule has 1 unspecified atom stereocenters. The minimum absolute atomic E-state index is 0. The maximum atomic E-state index is 12.6. The summed E-state index contributed by atoms with van der Waals surface area (Å²) in [4.78, 5) is 12.2. The predicted octanol–water partition coefficient (Wildman–Crippen LogP) is 3.35. The van der Waals surface area contributed by atoms with Gasteiger partial charge in [-0.05, 0) is 49.4 Å². The number of hydrazone groups is 1. The van der Waals surface area contributed by atoms with Crippen molar-refractivity contribution in [2.75, 3.05) is 5.01 Å².